The lowest BCUT2D eigenvalue weighted by atomic mass is 10.1. The van der Waals surface area contributed by atoms with E-state index in [2.05, 4.69) is 22.8 Å². The van der Waals surface area contributed by atoms with Crippen LogP contribution in [0.4, 0.5) is 0 Å². The van der Waals surface area contributed by atoms with Gasteiger partial charge in [-0.25, -0.2) is 0 Å². The lowest BCUT2D eigenvalue weighted by Gasteiger charge is -2.17. The third kappa shape index (κ3) is 3.59. The van der Waals surface area contributed by atoms with Crippen LogP contribution in [0.25, 0.3) is 0 Å². The summed E-state index contributed by atoms with van der Waals surface area (Å²) in [4.78, 5) is 1.45. The predicted octanol–water partition coefficient (Wildman–Crippen LogP) is 2.61. The van der Waals surface area contributed by atoms with Crippen LogP contribution in [-0.2, 0) is 6.42 Å². The first-order chi connectivity index (χ1) is 7.34. The Balaban J connectivity index is 1.78. The molecule has 1 aromatic rings. The van der Waals surface area contributed by atoms with E-state index in [0.717, 1.165) is 25.7 Å². The zero-order valence-corrected chi connectivity index (χ0v) is 9.80. The van der Waals surface area contributed by atoms with E-state index in [1.807, 2.05) is 11.3 Å². The second-order valence-corrected chi connectivity index (χ2v) is 5.31. The number of hydrogen-bond acceptors (Lipinski definition) is 2. The molecule has 2 radical (unpaired) electrons. The van der Waals surface area contributed by atoms with Crippen molar-refractivity contribution in [3.05, 3.63) is 22.4 Å². The Morgan fingerprint density at radius 1 is 1.40 bits per heavy atom. The summed E-state index contributed by atoms with van der Waals surface area (Å²) < 4.78 is 0. The Bertz CT molecular complexity index is 271. The van der Waals surface area contributed by atoms with Gasteiger partial charge in [0, 0.05) is 10.9 Å². The summed E-state index contributed by atoms with van der Waals surface area (Å²) in [6, 6.07) is 4.80. The Morgan fingerprint density at radius 2 is 2.27 bits per heavy atom. The maximum Gasteiger partial charge on any atom is 0.0928 e. The Morgan fingerprint density at radius 3 is 3.07 bits per heavy atom. The normalized spacial score (nSPS) is 27.5. The second-order valence-electron chi connectivity index (χ2n) is 4.28. The van der Waals surface area contributed by atoms with E-state index in [1.165, 1.54) is 17.7 Å². The molecule has 2 unspecified atom stereocenters. The summed E-state index contributed by atoms with van der Waals surface area (Å²) in [5.41, 5.74) is 9.61. The third-order valence-electron chi connectivity index (χ3n) is 3.03. The molecule has 1 aliphatic rings. The van der Waals surface area contributed by atoms with Gasteiger partial charge >= 0.3 is 0 Å². The molecule has 1 aromatic heterocycles. The van der Waals surface area contributed by atoms with Gasteiger partial charge in [-0.3, -0.25) is 5.32 Å². The molecule has 2 rings (SSSR count). The molecule has 1 aliphatic heterocycles. The Hall–Kier alpha value is -0.380. The minimum Gasteiger partial charge on any atom is -0.297 e. The topological polar surface area (TPSA) is 34.3 Å². The molecular formula is C12H18N2S. The van der Waals surface area contributed by atoms with Crippen molar-refractivity contribution in [3.8, 4) is 0 Å². The summed E-state index contributed by atoms with van der Waals surface area (Å²) in [6.45, 7) is 0. The third-order valence-corrected chi connectivity index (χ3v) is 3.96. The highest BCUT2D eigenvalue weighted by Crippen LogP contribution is 2.17. The van der Waals surface area contributed by atoms with Crippen molar-refractivity contribution in [2.24, 2.45) is 0 Å². The van der Waals surface area contributed by atoms with Gasteiger partial charge in [0.25, 0.3) is 0 Å². The van der Waals surface area contributed by atoms with Crippen molar-refractivity contribution < 1.29 is 0 Å². The lowest BCUT2D eigenvalue weighted by molar-refractivity contribution is 0.411. The highest BCUT2D eigenvalue weighted by Gasteiger charge is 2.17. The molecule has 2 heterocycles. The zero-order valence-electron chi connectivity index (χ0n) is 8.98. The molecule has 2 nitrogen and oxygen atoms in total. The molecule has 3 heteroatoms. The van der Waals surface area contributed by atoms with Gasteiger partial charge in [0.05, 0.1) is 6.17 Å². The van der Waals surface area contributed by atoms with Gasteiger partial charge in [-0.2, -0.15) is 0 Å². The van der Waals surface area contributed by atoms with E-state index in [0.29, 0.717) is 6.04 Å². The lowest BCUT2D eigenvalue weighted by Crippen LogP contribution is -2.37. The van der Waals surface area contributed by atoms with E-state index in [1.54, 1.807) is 0 Å². The molecule has 15 heavy (non-hydrogen) atoms. The number of thiophene rings is 1. The molecule has 82 valence electrons. The SMILES string of the molecule is [N]C1CCCCC(CCc2cccs2)N1. The number of rotatable bonds is 3. The maximum absolute atomic E-state index is 9.61. The molecule has 0 saturated carbocycles. The Kier molecular flexibility index (Phi) is 4.18. The predicted molar refractivity (Wildman–Crippen MR) is 64.0 cm³/mol. The van der Waals surface area contributed by atoms with Gasteiger partial charge in [0.1, 0.15) is 0 Å². The monoisotopic (exact) mass is 222 g/mol. The van der Waals surface area contributed by atoms with E-state index in [9.17, 15) is 5.73 Å². The summed E-state index contributed by atoms with van der Waals surface area (Å²) in [5, 5.41) is 5.43. The van der Waals surface area contributed by atoms with Crippen LogP contribution in [0.15, 0.2) is 17.5 Å². The maximum atomic E-state index is 9.61. The van der Waals surface area contributed by atoms with Crippen molar-refractivity contribution in [1.82, 2.24) is 11.1 Å². The van der Waals surface area contributed by atoms with Crippen molar-refractivity contribution in [2.75, 3.05) is 0 Å². The van der Waals surface area contributed by atoms with Crippen LogP contribution < -0.4 is 11.1 Å². The van der Waals surface area contributed by atoms with E-state index >= 15 is 0 Å². The van der Waals surface area contributed by atoms with Crippen LogP contribution in [0.2, 0.25) is 0 Å². The van der Waals surface area contributed by atoms with E-state index in [-0.39, 0.29) is 6.17 Å². The number of nitrogens with one attached hydrogen (secondary N) is 1. The molecule has 0 aliphatic carbocycles. The van der Waals surface area contributed by atoms with Crippen LogP contribution in [0.3, 0.4) is 0 Å². The van der Waals surface area contributed by atoms with Gasteiger partial charge in [-0.05, 0) is 37.1 Å². The van der Waals surface area contributed by atoms with E-state index in [4.69, 9.17) is 0 Å². The Labute approximate surface area is 95.9 Å². The summed E-state index contributed by atoms with van der Waals surface area (Å²) in [6.07, 6.45) is 6.54. The van der Waals surface area contributed by atoms with Gasteiger partial charge < -0.3 is 0 Å². The van der Waals surface area contributed by atoms with Gasteiger partial charge in [0.2, 0.25) is 0 Å². The largest absolute Gasteiger partial charge is 0.297 e. The smallest absolute Gasteiger partial charge is 0.0928 e. The molecule has 0 bridgehead atoms. The molecule has 2 atom stereocenters. The van der Waals surface area contributed by atoms with Gasteiger partial charge in [0.15, 0.2) is 0 Å². The number of nitrogens with zero attached hydrogens (tertiary/aromatic N) is 1. The van der Waals surface area contributed by atoms with Crippen LogP contribution in [0.1, 0.15) is 37.0 Å². The first kappa shape index (κ1) is 11.1. The molecular weight excluding hydrogens is 204 g/mol. The van der Waals surface area contributed by atoms with E-state index < -0.39 is 0 Å². The fraction of sp³-hybridized carbons (Fsp3) is 0.667. The fourth-order valence-corrected chi connectivity index (χ4v) is 2.89. The first-order valence-electron chi connectivity index (χ1n) is 5.81. The summed E-state index contributed by atoms with van der Waals surface area (Å²) in [7, 11) is 0. The highest BCUT2D eigenvalue weighted by molar-refractivity contribution is 7.09. The minimum atomic E-state index is -0.277. The average Bonchev–Trinajstić information content (AvgIpc) is 2.65. The molecule has 0 spiro atoms. The van der Waals surface area contributed by atoms with Gasteiger partial charge in [-0.15, -0.1) is 17.1 Å². The zero-order chi connectivity index (χ0) is 10.5. The average molecular weight is 222 g/mol. The molecule has 1 saturated heterocycles. The molecule has 1 N–H and O–H groups in total. The second kappa shape index (κ2) is 5.64. The first-order valence-corrected chi connectivity index (χ1v) is 6.69. The van der Waals surface area contributed by atoms with Crippen molar-refractivity contribution >= 4 is 11.3 Å². The number of aryl methyl sites for hydroxylation is 1. The van der Waals surface area contributed by atoms with Crippen molar-refractivity contribution in [1.29, 1.82) is 0 Å². The van der Waals surface area contributed by atoms with Crippen LogP contribution in [0, 0.1) is 0 Å². The highest BCUT2D eigenvalue weighted by atomic mass is 32.1. The number of hydrogen-bond donors (Lipinski definition) is 1. The standard InChI is InChI=1S/C12H18N2S/c13-12-6-2-1-4-10(14-12)7-8-11-5-3-9-15-11/h3,5,9-10,12,14H,1-2,4,6-8H2. The molecule has 0 aromatic carbocycles. The summed E-state index contributed by atoms with van der Waals surface area (Å²) in [5.74, 6) is 0. The fourth-order valence-electron chi connectivity index (χ4n) is 2.17. The molecule has 0 amide bonds. The quantitative estimate of drug-likeness (QED) is 0.838. The molecule has 1 fully saturated rings. The van der Waals surface area contributed by atoms with Crippen LogP contribution in [-0.4, -0.2) is 12.2 Å². The minimum absolute atomic E-state index is 0.277. The van der Waals surface area contributed by atoms with Crippen LogP contribution in [0.5, 0.6) is 0 Å². The van der Waals surface area contributed by atoms with Crippen molar-refractivity contribution in [3.63, 3.8) is 0 Å². The van der Waals surface area contributed by atoms with Crippen LogP contribution >= 0.6 is 11.3 Å². The summed E-state index contributed by atoms with van der Waals surface area (Å²) >= 11 is 1.83. The van der Waals surface area contributed by atoms with Gasteiger partial charge in [-0.1, -0.05) is 18.9 Å². The van der Waals surface area contributed by atoms with Crippen molar-refractivity contribution in [2.45, 2.75) is 50.7 Å².